The molecule has 1 unspecified atom stereocenters. The monoisotopic (exact) mass is 346 g/mol. The van der Waals surface area contributed by atoms with E-state index in [1.807, 2.05) is 30.3 Å². The van der Waals surface area contributed by atoms with E-state index in [-0.39, 0.29) is 23.5 Å². The fourth-order valence-corrected chi connectivity index (χ4v) is 4.09. The number of sulfonamides is 1. The molecule has 2 N–H and O–H groups in total. The van der Waals surface area contributed by atoms with Gasteiger partial charge in [-0.25, -0.2) is 13.1 Å². The molecule has 2 aromatic carbocycles. The van der Waals surface area contributed by atoms with Crippen molar-refractivity contribution in [1.29, 1.82) is 0 Å². The fraction of sp³-hybridized carbons (Fsp3) is 0.235. The topological polar surface area (TPSA) is 84.5 Å². The van der Waals surface area contributed by atoms with E-state index >= 15 is 0 Å². The minimum absolute atomic E-state index is 0.122. The zero-order valence-electron chi connectivity index (χ0n) is 13.4. The third kappa shape index (κ3) is 3.27. The van der Waals surface area contributed by atoms with Crippen LogP contribution in [0.2, 0.25) is 0 Å². The van der Waals surface area contributed by atoms with Gasteiger partial charge >= 0.3 is 0 Å². The third-order valence-corrected chi connectivity index (χ3v) is 5.51. The molecule has 0 radical (unpaired) electrons. The van der Waals surface area contributed by atoms with Crippen molar-refractivity contribution in [3.63, 3.8) is 0 Å². The lowest BCUT2D eigenvalue weighted by molar-refractivity contribution is -0.118. The summed E-state index contributed by atoms with van der Waals surface area (Å²) in [6.45, 7) is 3.35. The van der Waals surface area contributed by atoms with E-state index in [0.29, 0.717) is 17.0 Å². The molecule has 0 saturated carbocycles. The van der Waals surface area contributed by atoms with Crippen molar-refractivity contribution in [3.05, 3.63) is 53.6 Å². The number of amides is 1. The largest absolute Gasteiger partial charge is 0.482 e. The van der Waals surface area contributed by atoms with Gasteiger partial charge in [-0.3, -0.25) is 4.79 Å². The van der Waals surface area contributed by atoms with Crippen molar-refractivity contribution >= 4 is 21.6 Å². The van der Waals surface area contributed by atoms with Crippen molar-refractivity contribution in [2.45, 2.75) is 24.8 Å². The molecule has 1 aliphatic heterocycles. The molecule has 1 atom stereocenters. The number of nitrogens with one attached hydrogen (secondary N) is 2. The van der Waals surface area contributed by atoms with E-state index < -0.39 is 10.0 Å². The fourth-order valence-electron chi connectivity index (χ4n) is 2.61. The minimum atomic E-state index is -3.73. The van der Waals surface area contributed by atoms with Gasteiger partial charge in [0.1, 0.15) is 5.75 Å². The van der Waals surface area contributed by atoms with Gasteiger partial charge in [-0.05, 0) is 31.0 Å². The molecule has 126 valence electrons. The summed E-state index contributed by atoms with van der Waals surface area (Å²) in [7, 11) is -3.73. The first-order chi connectivity index (χ1) is 11.4. The van der Waals surface area contributed by atoms with Crippen molar-refractivity contribution in [2.75, 3.05) is 11.9 Å². The number of fused-ring (bicyclic) bond motifs is 1. The number of anilines is 1. The SMILES string of the molecule is Cc1cc2c(cc1S(=O)(=O)NC(C)c1ccccc1)OCC(=O)N2. The first kappa shape index (κ1) is 16.5. The molecule has 0 fully saturated rings. The highest BCUT2D eigenvalue weighted by Crippen LogP contribution is 2.33. The van der Waals surface area contributed by atoms with Crippen LogP contribution in [0.1, 0.15) is 24.1 Å². The summed E-state index contributed by atoms with van der Waals surface area (Å²) in [5, 5.41) is 2.67. The first-order valence-electron chi connectivity index (χ1n) is 7.51. The molecule has 0 saturated heterocycles. The summed E-state index contributed by atoms with van der Waals surface area (Å²) < 4.78 is 33.5. The summed E-state index contributed by atoms with van der Waals surface area (Å²) in [4.78, 5) is 11.5. The zero-order valence-corrected chi connectivity index (χ0v) is 14.2. The molecule has 7 heteroatoms. The van der Waals surface area contributed by atoms with Crippen molar-refractivity contribution in [2.24, 2.45) is 0 Å². The molecule has 2 aromatic rings. The standard InChI is InChI=1S/C17H18N2O4S/c1-11-8-14-15(23-10-17(20)18-14)9-16(11)24(21,22)19-12(2)13-6-4-3-5-7-13/h3-9,12,19H,10H2,1-2H3,(H,18,20). The van der Waals surface area contributed by atoms with Crippen LogP contribution in [0.25, 0.3) is 0 Å². The lowest BCUT2D eigenvalue weighted by Gasteiger charge is -2.21. The maximum Gasteiger partial charge on any atom is 0.262 e. The molecule has 1 heterocycles. The van der Waals surface area contributed by atoms with E-state index in [0.717, 1.165) is 5.56 Å². The van der Waals surface area contributed by atoms with Crippen LogP contribution in [0, 0.1) is 6.92 Å². The van der Waals surface area contributed by atoms with Gasteiger partial charge in [-0.1, -0.05) is 30.3 Å². The molecule has 1 amide bonds. The van der Waals surface area contributed by atoms with E-state index in [9.17, 15) is 13.2 Å². The van der Waals surface area contributed by atoms with E-state index in [1.165, 1.54) is 6.07 Å². The van der Waals surface area contributed by atoms with Crippen LogP contribution in [0.3, 0.4) is 0 Å². The van der Waals surface area contributed by atoms with Gasteiger partial charge < -0.3 is 10.1 Å². The van der Waals surface area contributed by atoms with E-state index in [4.69, 9.17) is 4.74 Å². The predicted octanol–water partition coefficient (Wildman–Crippen LogP) is 2.37. The third-order valence-electron chi connectivity index (χ3n) is 3.83. The van der Waals surface area contributed by atoms with E-state index in [2.05, 4.69) is 10.0 Å². The summed E-state index contributed by atoms with van der Waals surface area (Å²) in [6.07, 6.45) is 0. The molecule has 1 aliphatic rings. The number of aryl methyl sites for hydroxylation is 1. The van der Waals surface area contributed by atoms with E-state index in [1.54, 1.807) is 19.9 Å². The van der Waals surface area contributed by atoms with Crippen LogP contribution in [0.5, 0.6) is 5.75 Å². The Labute approximate surface area is 140 Å². The Kier molecular flexibility index (Phi) is 4.29. The normalized spacial score (nSPS) is 15.2. The Hall–Kier alpha value is -2.38. The smallest absolute Gasteiger partial charge is 0.262 e. The highest BCUT2D eigenvalue weighted by molar-refractivity contribution is 7.89. The Morgan fingerprint density at radius 3 is 2.62 bits per heavy atom. The average molecular weight is 346 g/mol. The van der Waals surface area contributed by atoms with Gasteiger partial charge in [0.05, 0.1) is 10.6 Å². The van der Waals surface area contributed by atoms with Gasteiger partial charge in [0.2, 0.25) is 10.0 Å². The molecule has 0 aromatic heterocycles. The zero-order chi connectivity index (χ0) is 17.3. The van der Waals surface area contributed by atoms with Crippen LogP contribution < -0.4 is 14.8 Å². The van der Waals surface area contributed by atoms with Crippen molar-refractivity contribution < 1.29 is 17.9 Å². The van der Waals surface area contributed by atoms with Gasteiger partial charge in [0.15, 0.2) is 6.61 Å². The lowest BCUT2D eigenvalue weighted by atomic mass is 10.1. The van der Waals surface area contributed by atoms with Gasteiger partial charge in [0, 0.05) is 12.1 Å². The second kappa shape index (κ2) is 6.26. The summed E-state index contributed by atoms with van der Waals surface area (Å²) >= 11 is 0. The number of carbonyl (C=O) groups excluding carboxylic acids is 1. The maximum atomic E-state index is 12.7. The van der Waals surface area contributed by atoms with Crippen LogP contribution in [-0.4, -0.2) is 20.9 Å². The summed E-state index contributed by atoms with van der Waals surface area (Å²) in [5.74, 6) is 0.0984. The Balaban J connectivity index is 1.91. The minimum Gasteiger partial charge on any atom is -0.482 e. The van der Waals surface area contributed by atoms with Gasteiger partial charge in [-0.15, -0.1) is 0 Å². The highest BCUT2D eigenvalue weighted by Gasteiger charge is 2.25. The quantitative estimate of drug-likeness (QED) is 0.890. The molecule has 0 spiro atoms. The lowest BCUT2D eigenvalue weighted by Crippen LogP contribution is -2.29. The molecule has 24 heavy (non-hydrogen) atoms. The molecule has 3 rings (SSSR count). The number of rotatable bonds is 4. The second-order valence-corrected chi connectivity index (χ2v) is 7.39. The first-order valence-corrected chi connectivity index (χ1v) is 9.00. The number of hydrogen-bond acceptors (Lipinski definition) is 4. The molecule has 0 aliphatic carbocycles. The predicted molar refractivity (Wildman–Crippen MR) is 90.5 cm³/mol. The molecule has 6 nitrogen and oxygen atoms in total. The summed E-state index contributed by atoms with van der Waals surface area (Å²) in [5.41, 5.74) is 1.89. The van der Waals surface area contributed by atoms with Gasteiger partial charge in [-0.2, -0.15) is 0 Å². The highest BCUT2D eigenvalue weighted by atomic mass is 32.2. The Morgan fingerprint density at radius 1 is 1.21 bits per heavy atom. The van der Waals surface area contributed by atoms with Crippen LogP contribution in [-0.2, 0) is 14.8 Å². The number of ether oxygens (including phenoxy) is 1. The Morgan fingerprint density at radius 2 is 1.92 bits per heavy atom. The maximum absolute atomic E-state index is 12.7. The van der Waals surface area contributed by atoms with Gasteiger partial charge in [0.25, 0.3) is 5.91 Å². The van der Waals surface area contributed by atoms with Crippen LogP contribution >= 0.6 is 0 Å². The van der Waals surface area contributed by atoms with Crippen LogP contribution in [0.4, 0.5) is 5.69 Å². The number of carbonyl (C=O) groups is 1. The average Bonchev–Trinajstić information content (AvgIpc) is 2.54. The molecular formula is C17H18N2O4S. The summed E-state index contributed by atoms with van der Waals surface area (Å²) in [6, 6.07) is 12.0. The van der Waals surface area contributed by atoms with Crippen molar-refractivity contribution in [3.8, 4) is 5.75 Å². The Bertz CT molecular complexity index is 879. The molecular weight excluding hydrogens is 328 g/mol. The molecule has 0 bridgehead atoms. The van der Waals surface area contributed by atoms with Crippen molar-refractivity contribution in [1.82, 2.24) is 4.72 Å². The second-order valence-electron chi connectivity index (χ2n) is 5.70. The van der Waals surface area contributed by atoms with Crippen LogP contribution in [0.15, 0.2) is 47.4 Å². The number of hydrogen-bond donors (Lipinski definition) is 2. The number of benzene rings is 2.